The molecule has 1 saturated heterocycles. The Kier molecular flexibility index (Phi) is 6.52. The van der Waals surface area contributed by atoms with Crippen LogP contribution < -0.4 is 5.32 Å². The monoisotopic (exact) mass is 433 g/mol. The second-order valence-corrected chi connectivity index (χ2v) is 9.16. The van der Waals surface area contributed by atoms with E-state index in [0.717, 1.165) is 11.1 Å². The quantitative estimate of drug-likeness (QED) is 0.778. The van der Waals surface area contributed by atoms with Gasteiger partial charge in [0.05, 0.1) is 11.4 Å². The highest BCUT2D eigenvalue weighted by Gasteiger charge is 2.30. The molecule has 0 aromatic heterocycles. The number of nitrogens with zero attached hydrogens (tertiary/aromatic N) is 2. The van der Waals surface area contributed by atoms with E-state index in [4.69, 9.17) is 0 Å². The smallest absolute Gasteiger partial charge is 0.251 e. The Morgan fingerprint density at radius 1 is 0.967 bits per heavy atom. The van der Waals surface area contributed by atoms with Gasteiger partial charge in [0.15, 0.2) is 0 Å². The topological polar surface area (TPSA) is 86.8 Å². The number of aryl methyl sites for hydroxylation is 2. The van der Waals surface area contributed by atoms with E-state index >= 15 is 0 Å². The van der Waals surface area contributed by atoms with Crippen molar-refractivity contribution in [2.24, 2.45) is 0 Å². The number of hydrogen-bond acceptors (Lipinski definition) is 4. The highest BCUT2D eigenvalue weighted by molar-refractivity contribution is 7.89. The normalized spacial score (nSPS) is 15.1. The van der Waals surface area contributed by atoms with Crippen LogP contribution >= 0.6 is 0 Å². The van der Waals surface area contributed by atoms with Crippen molar-refractivity contribution in [2.45, 2.75) is 18.7 Å². The molecule has 2 aromatic carbocycles. The van der Waals surface area contributed by atoms with Crippen LogP contribution in [0.15, 0.2) is 47.4 Å². The van der Waals surface area contributed by atoms with E-state index in [-0.39, 0.29) is 49.1 Å². The van der Waals surface area contributed by atoms with E-state index < -0.39 is 21.7 Å². The highest BCUT2D eigenvalue weighted by Crippen LogP contribution is 2.20. The van der Waals surface area contributed by atoms with Crippen molar-refractivity contribution in [3.05, 3.63) is 65.0 Å². The molecule has 1 N–H and O–H groups in total. The Balaban J connectivity index is 1.54. The summed E-state index contributed by atoms with van der Waals surface area (Å²) in [4.78, 5) is 26.2. The van der Waals surface area contributed by atoms with Gasteiger partial charge >= 0.3 is 0 Å². The molecule has 0 saturated carbocycles. The SMILES string of the molecule is Cc1ccc(S(=O)(=O)N2CCN(C(=O)CNC(=O)c3ccc(F)cc3)CC2)cc1C. The Hall–Kier alpha value is -2.78. The molecule has 2 amide bonds. The minimum atomic E-state index is -3.62. The summed E-state index contributed by atoms with van der Waals surface area (Å²) in [5.41, 5.74) is 2.18. The van der Waals surface area contributed by atoms with Gasteiger partial charge in [0.25, 0.3) is 5.91 Å². The van der Waals surface area contributed by atoms with Gasteiger partial charge in [-0.05, 0) is 61.4 Å². The van der Waals surface area contributed by atoms with Crippen LogP contribution in [-0.4, -0.2) is 62.2 Å². The van der Waals surface area contributed by atoms with Gasteiger partial charge in [-0.25, -0.2) is 12.8 Å². The summed E-state index contributed by atoms with van der Waals surface area (Å²) in [6, 6.07) is 10.1. The number of carbonyl (C=O) groups excluding carboxylic acids is 2. The van der Waals surface area contributed by atoms with Gasteiger partial charge in [0.1, 0.15) is 5.82 Å². The molecule has 0 atom stereocenters. The number of amides is 2. The number of benzene rings is 2. The fourth-order valence-corrected chi connectivity index (χ4v) is 4.68. The van der Waals surface area contributed by atoms with Crippen molar-refractivity contribution in [1.82, 2.24) is 14.5 Å². The molecule has 0 bridgehead atoms. The second-order valence-electron chi connectivity index (χ2n) is 7.22. The zero-order valence-electron chi connectivity index (χ0n) is 16.9. The molecule has 1 aliphatic rings. The molecule has 0 aliphatic carbocycles. The van der Waals surface area contributed by atoms with Crippen LogP contribution in [-0.2, 0) is 14.8 Å². The summed E-state index contributed by atoms with van der Waals surface area (Å²) in [5, 5.41) is 2.51. The lowest BCUT2D eigenvalue weighted by molar-refractivity contribution is -0.131. The minimum absolute atomic E-state index is 0.187. The van der Waals surface area contributed by atoms with Crippen LogP contribution in [0.2, 0.25) is 0 Å². The van der Waals surface area contributed by atoms with Crippen molar-refractivity contribution in [2.75, 3.05) is 32.7 Å². The largest absolute Gasteiger partial charge is 0.343 e. The summed E-state index contributed by atoms with van der Waals surface area (Å²) in [6.07, 6.45) is 0. The fraction of sp³-hybridized carbons (Fsp3) is 0.333. The summed E-state index contributed by atoms with van der Waals surface area (Å²) in [7, 11) is -3.62. The first-order valence-corrected chi connectivity index (χ1v) is 11.0. The lowest BCUT2D eigenvalue weighted by Gasteiger charge is -2.34. The van der Waals surface area contributed by atoms with Crippen LogP contribution in [0.25, 0.3) is 0 Å². The molecule has 9 heteroatoms. The molecule has 2 aromatic rings. The molecule has 1 heterocycles. The number of hydrogen-bond donors (Lipinski definition) is 1. The van der Waals surface area contributed by atoms with Crippen LogP contribution in [0.5, 0.6) is 0 Å². The first kappa shape index (κ1) is 21.9. The van der Waals surface area contributed by atoms with Gasteiger partial charge < -0.3 is 10.2 Å². The summed E-state index contributed by atoms with van der Waals surface area (Å²) in [5.74, 6) is -1.22. The minimum Gasteiger partial charge on any atom is -0.343 e. The third-order valence-corrected chi connectivity index (χ3v) is 7.11. The number of piperazine rings is 1. The van der Waals surface area contributed by atoms with Crippen LogP contribution in [0, 0.1) is 19.7 Å². The molecule has 1 aliphatic heterocycles. The molecule has 0 spiro atoms. The summed E-state index contributed by atoms with van der Waals surface area (Å²) in [6.45, 7) is 4.45. The fourth-order valence-electron chi connectivity index (χ4n) is 3.17. The van der Waals surface area contributed by atoms with E-state index in [9.17, 15) is 22.4 Å². The third kappa shape index (κ3) is 4.85. The van der Waals surface area contributed by atoms with Crippen molar-refractivity contribution in [1.29, 1.82) is 0 Å². The van der Waals surface area contributed by atoms with Gasteiger partial charge in [-0.2, -0.15) is 4.31 Å². The number of carbonyl (C=O) groups is 2. The maximum absolute atomic E-state index is 12.9. The standard InChI is InChI=1S/C21H24FN3O4S/c1-15-3-8-19(13-16(15)2)30(28,29)25-11-9-24(10-12-25)20(26)14-23-21(27)17-4-6-18(22)7-5-17/h3-8,13H,9-12,14H2,1-2H3,(H,23,27). The number of rotatable bonds is 5. The molecule has 30 heavy (non-hydrogen) atoms. The Morgan fingerprint density at radius 2 is 1.60 bits per heavy atom. The Labute approximate surface area is 175 Å². The Morgan fingerprint density at radius 3 is 2.20 bits per heavy atom. The maximum Gasteiger partial charge on any atom is 0.251 e. The van der Waals surface area contributed by atoms with Crippen LogP contribution in [0.4, 0.5) is 4.39 Å². The average Bonchev–Trinajstić information content (AvgIpc) is 2.74. The molecule has 0 radical (unpaired) electrons. The second kappa shape index (κ2) is 8.93. The van der Waals surface area contributed by atoms with Crippen molar-refractivity contribution in [3.8, 4) is 0 Å². The van der Waals surface area contributed by atoms with E-state index in [2.05, 4.69) is 5.32 Å². The van der Waals surface area contributed by atoms with E-state index in [1.807, 2.05) is 13.8 Å². The van der Waals surface area contributed by atoms with Gasteiger partial charge in [-0.1, -0.05) is 6.07 Å². The summed E-state index contributed by atoms with van der Waals surface area (Å²) < 4.78 is 40.0. The van der Waals surface area contributed by atoms with E-state index in [0.29, 0.717) is 0 Å². The number of sulfonamides is 1. The van der Waals surface area contributed by atoms with Gasteiger partial charge in [0, 0.05) is 31.7 Å². The number of halogens is 1. The van der Waals surface area contributed by atoms with Gasteiger partial charge in [-0.3, -0.25) is 9.59 Å². The maximum atomic E-state index is 12.9. The first-order valence-electron chi connectivity index (χ1n) is 9.57. The van der Waals surface area contributed by atoms with E-state index in [1.165, 1.54) is 33.5 Å². The molecule has 1 fully saturated rings. The van der Waals surface area contributed by atoms with Crippen LogP contribution in [0.1, 0.15) is 21.5 Å². The molecule has 3 rings (SSSR count). The molecule has 0 unspecified atom stereocenters. The first-order chi connectivity index (χ1) is 14.2. The lowest BCUT2D eigenvalue weighted by atomic mass is 10.1. The highest BCUT2D eigenvalue weighted by atomic mass is 32.2. The summed E-state index contributed by atoms with van der Waals surface area (Å²) >= 11 is 0. The van der Waals surface area contributed by atoms with Crippen molar-refractivity contribution >= 4 is 21.8 Å². The van der Waals surface area contributed by atoms with Gasteiger partial charge in [-0.15, -0.1) is 0 Å². The molecule has 160 valence electrons. The average molecular weight is 434 g/mol. The zero-order valence-corrected chi connectivity index (χ0v) is 17.7. The zero-order chi connectivity index (χ0) is 21.9. The lowest BCUT2D eigenvalue weighted by Crippen LogP contribution is -2.52. The van der Waals surface area contributed by atoms with Crippen molar-refractivity contribution in [3.63, 3.8) is 0 Å². The van der Waals surface area contributed by atoms with Crippen molar-refractivity contribution < 1.29 is 22.4 Å². The predicted octanol–water partition coefficient (Wildman–Crippen LogP) is 1.71. The number of nitrogens with one attached hydrogen (secondary N) is 1. The molecule has 7 nitrogen and oxygen atoms in total. The third-order valence-electron chi connectivity index (χ3n) is 5.21. The predicted molar refractivity (Wildman–Crippen MR) is 110 cm³/mol. The van der Waals surface area contributed by atoms with E-state index in [1.54, 1.807) is 18.2 Å². The van der Waals surface area contributed by atoms with Gasteiger partial charge in [0.2, 0.25) is 15.9 Å². The Bertz CT molecular complexity index is 1050. The van der Waals surface area contributed by atoms with Crippen LogP contribution in [0.3, 0.4) is 0 Å². The molecular formula is C21H24FN3O4S. The molecular weight excluding hydrogens is 409 g/mol.